The third-order valence-corrected chi connectivity index (χ3v) is 5.72. The number of amides is 1. The zero-order valence-electron chi connectivity index (χ0n) is 17.7. The topological polar surface area (TPSA) is 84.5 Å². The van der Waals surface area contributed by atoms with Gasteiger partial charge in [0.1, 0.15) is 5.75 Å². The first-order valence-electron chi connectivity index (χ1n) is 9.64. The first-order chi connectivity index (χ1) is 13.5. The fourth-order valence-electron chi connectivity index (χ4n) is 2.50. The average Bonchev–Trinajstić information content (AvgIpc) is 2.60. The molecule has 7 heteroatoms. The van der Waals surface area contributed by atoms with E-state index in [0.717, 1.165) is 12.2 Å². The Balaban J connectivity index is 1.98. The fraction of sp³-hybridized carbons (Fsp3) is 0.409. The maximum Gasteiger partial charge on any atom is 0.255 e. The molecule has 0 aliphatic carbocycles. The number of hydrogen-bond acceptors (Lipinski definition) is 4. The van der Waals surface area contributed by atoms with Gasteiger partial charge in [-0.25, -0.2) is 13.1 Å². The van der Waals surface area contributed by atoms with Crippen molar-refractivity contribution in [1.82, 2.24) is 4.72 Å². The molecule has 6 nitrogen and oxygen atoms in total. The highest BCUT2D eigenvalue weighted by atomic mass is 32.2. The number of carbonyl (C=O) groups excluding carboxylic acids is 1. The molecule has 158 valence electrons. The summed E-state index contributed by atoms with van der Waals surface area (Å²) in [5, 5.41) is 2.77. The third kappa shape index (κ3) is 7.51. The quantitative estimate of drug-likeness (QED) is 0.664. The van der Waals surface area contributed by atoms with Crippen LogP contribution in [0.5, 0.6) is 5.75 Å². The van der Waals surface area contributed by atoms with E-state index in [2.05, 4.69) is 23.9 Å². The lowest BCUT2D eigenvalue weighted by molar-refractivity contribution is 0.102. The maximum atomic E-state index is 12.4. The zero-order valence-corrected chi connectivity index (χ0v) is 18.5. The molecule has 0 unspecified atom stereocenters. The highest BCUT2D eigenvalue weighted by Gasteiger charge is 2.21. The molecule has 2 N–H and O–H groups in total. The Labute approximate surface area is 173 Å². The molecule has 0 aromatic heterocycles. The molecule has 0 radical (unpaired) electrons. The molecular formula is C22H30N2O4S. The predicted octanol–water partition coefficient (Wildman–Crippen LogP) is 4.44. The molecule has 0 saturated heterocycles. The third-order valence-electron chi connectivity index (χ3n) is 3.94. The second kappa shape index (κ2) is 9.41. The molecule has 0 aliphatic heterocycles. The fourth-order valence-corrected chi connectivity index (χ4v) is 3.92. The molecule has 2 rings (SSSR count). The van der Waals surface area contributed by atoms with Gasteiger partial charge in [0.2, 0.25) is 10.0 Å². The van der Waals surface area contributed by atoms with Crippen molar-refractivity contribution in [3.8, 4) is 5.75 Å². The molecule has 0 saturated carbocycles. The monoisotopic (exact) mass is 418 g/mol. The molecule has 0 spiro atoms. The second-order valence-corrected chi connectivity index (χ2v) is 10.1. The zero-order chi connectivity index (χ0) is 21.7. The summed E-state index contributed by atoms with van der Waals surface area (Å²) in [4.78, 5) is 12.6. The summed E-state index contributed by atoms with van der Waals surface area (Å²) in [5.41, 5.74) is 0.436. The number of anilines is 1. The van der Waals surface area contributed by atoms with E-state index in [1.54, 1.807) is 57.2 Å². The van der Waals surface area contributed by atoms with Crippen molar-refractivity contribution in [2.45, 2.75) is 51.5 Å². The number of rotatable bonds is 8. The smallest absolute Gasteiger partial charge is 0.255 e. The van der Waals surface area contributed by atoms with Crippen molar-refractivity contribution in [2.24, 2.45) is 5.92 Å². The second-order valence-electron chi connectivity index (χ2n) is 8.39. The molecule has 2 aromatic carbocycles. The summed E-state index contributed by atoms with van der Waals surface area (Å²) in [6, 6.07) is 13.0. The van der Waals surface area contributed by atoms with Gasteiger partial charge in [-0.3, -0.25) is 4.79 Å². The summed E-state index contributed by atoms with van der Waals surface area (Å²) in [5.74, 6) is 1.02. The van der Waals surface area contributed by atoms with Crippen LogP contribution in [0.25, 0.3) is 0 Å². The van der Waals surface area contributed by atoms with Gasteiger partial charge in [-0.2, -0.15) is 0 Å². The van der Waals surface area contributed by atoms with Gasteiger partial charge < -0.3 is 10.1 Å². The van der Waals surface area contributed by atoms with Gasteiger partial charge in [-0.05, 0) is 81.6 Å². The number of benzene rings is 2. The van der Waals surface area contributed by atoms with E-state index in [0.29, 0.717) is 23.8 Å². The average molecular weight is 419 g/mol. The lowest BCUT2D eigenvalue weighted by atomic mass is 10.1. The normalized spacial score (nSPS) is 12.1. The van der Waals surface area contributed by atoms with Crippen LogP contribution in [-0.4, -0.2) is 26.5 Å². The van der Waals surface area contributed by atoms with Gasteiger partial charge in [0, 0.05) is 16.8 Å². The van der Waals surface area contributed by atoms with Gasteiger partial charge in [-0.15, -0.1) is 0 Å². The Morgan fingerprint density at radius 1 is 1.00 bits per heavy atom. The van der Waals surface area contributed by atoms with Crippen LogP contribution in [0.15, 0.2) is 53.4 Å². The van der Waals surface area contributed by atoms with Crippen LogP contribution in [0.3, 0.4) is 0 Å². The van der Waals surface area contributed by atoms with Crippen LogP contribution >= 0.6 is 0 Å². The van der Waals surface area contributed by atoms with E-state index in [-0.39, 0.29) is 10.8 Å². The van der Waals surface area contributed by atoms with Gasteiger partial charge in [-0.1, -0.05) is 13.8 Å². The molecule has 0 heterocycles. The molecule has 0 bridgehead atoms. The highest BCUT2D eigenvalue weighted by Crippen LogP contribution is 2.18. The van der Waals surface area contributed by atoms with Crippen molar-refractivity contribution in [2.75, 3.05) is 11.9 Å². The molecule has 2 aromatic rings. The predicted molar refractivity (Wildman–Crippen MR) is 116 cm³/mol. The Morgan fingerprint density at radius 3 is 2.10 bits per heavy atom. The van der Waals surface area contributed by atoms with Gasteiger partial charge >= 0.3 is 0 Å². The minimum Gasteiger partial charge on any atom is -0.494 e. The lowest BCUT2D eigenvalue weighted by Gasteiger charge is -2.20. The number of carbonyl (C=O) groups is 1. The van der Waals surface area contributed by atoms with Crippen molar-refractivity contribution < 1.29 is 17.9 Å². The summed E-state index contributed by atoms with van der Waals surface area (Å²) in [7, 11) is -3.61. The first-order valence-corrected chi connectivity index (χ1v) is 11.1. The van der Waals surface area contributed by atoms with Gasteiger partial charge in [0.25, 0.3) is 5.91 Å². The largest absolute Gasteiger partial charge is 0.494 e. The molecule has 0 atom stereocenters. The van der Waals surface area contributed by atoms with Crippen LogP contribution < -0.4 is 14.8 Å². The Morgan fingerprint density at radius 2 is 1.59 bits per heavy atom. The van der Waals surface area contributed by atoms with Crippen LogP contribution in [0, 0.1) is 5.92 Å². The summed E-state index contributed by atoms with van der Waals surface area (Å²) in [6.07, 6.45) is 0.971. The van der Waals surface area contributed by atoms with Crippen LogP contribution in [0.1, 0.15) is 51.4 Å². The summed E-state index contributed by atoms with van der Waals surface area (Å²) in [6.45, 7) is 10.3. The first kappa shape index (κ1) is 22.9. The maximum absolute atomic E-state index is 12.4. The summed E-state index contributed by atoms with van der Waals surface area (Å²) >= 11 is 0. The molecule has 29 heavy (non-hydrogen) atoms. The molecule has 0 fully saturated rings. The van der Waals surface area contributed by atoms with Crippen LogP contribution in [0.2, 0.25) is 0 Å². The molecule has 1 amide bonds. The Hall–Kier alpha value is -2.38. The van der Waals surface area contributed by atoms with Gasteiger partial charge in [0.05, 0.1) is 11.5 Å². The number of nitrogens with one attached hydrogen (secondary N) is 2. The van der Waals surface area contributed by atoms with E-state index >= 15 is 0 Å². The SMILES string of the molecule is CC(C)CCOc1ccc(C(=O)Nc2ccc(S(=O)(=O)NC(C)(C)C)cc2)cc1. The standard InChI is InChI=1S/C22H30N2O4S/c1-16(2)14-15-28-19-10-6-17(7-11-19)21(25)23-18-8-12-20(13-9-18)29(26,27)24-22(3,4)5/h6-13,16,24H,14-15H2,1-5H3,(H,23,25). The van der Waals surface area contributed by atoms with E-state index < -0.39 is 15.6 Å². The minimum absolute atomic E-state index is 0.147. The van der Waals surface area contributed by atoms with Crippen LogP contribution in [-0.2, 0) is 10.0 Å². The molecule has 0 aliphatic rings. The van der Waals surface area contributed by atoms with Crippen molar-refractivity contribution >= 4 is 21.6 Å². The Bertz CT molecular complexity index is 913. The minimum atomic E-state index is -3.61. The number of sulfonamides is 1. The number of ether oxygens (including phenoxy) is 1. The highest BCUT2D eigenvalue weighted by molar-refractivity contribution is 7.89. The van der Waals surface area contributed by atoms with Crippen molar-refractivity contribution in [3.63, 3.8) is 0 Å². The van der Waals surface area contributed by atoms with E-state index in [1.807, 2.05) is 0 Å². The van der Waals surface area contributed by atoms with E-state index in [4.69, 9.17) is 4.74 Å². The van der Waals surface area contributed by atoms with Crippen LogP contribution in [0.4, 0.5) is 5.69 Å². The lowest BCUT2D eigenvalue weighted by Crippen LogP contribution is -2.40. The Kier molecular flexibility index (Phi) is 7.43. The van der Waals surface area contributed by atoms with Crippen molar-refractivity contribution in [1.29, 1.82) is 0 Å². The number of hydrogen-bond donors (Lipinski definition) is 2. The van der Waals surface area contributed by atoms with Crippen molar-refractivity contribution in [3.05, 3.63) is 54.1 Å². The molecular weight excluding hydrogens is 388 g/mol. The summed E-state index contributed by atoms with van der Waals surface area (Å²) < 4.78 is 32.9. The van der Waals surface area contributed by atoms with E-state index in [1.165, 1.54) is 12.1 Å². The van der Waals surface area contributed by atoms with E-state index in [9.17, 15) is 13.2 Å². The van der Waals surface area contributed by atoms with Gasteiger partial charge in [0.15, 0.2) is 0 Å².